The van der Waals surface area contributed by atoms with E-state index in [0.29, 0.717) is 24.2 Å². The van der Waals surface area contributed by atoms with Crippen molar-refractivity contribution in [2.45, 2.75) is 29.7 Å². The van der Waals surface area contributed by atoms with Crippen LogP contribution in [0.25, 0.3) is 0 Å². The van der Waals surface area contributed by atoms with Gasteiger partial charge < -0.3 is 16.0 Å². The van der Waals surface area contributed by atoms with Crippen molar-refractivity contribution in [3.05, 3.63) is 54.6 Å². The van der Waals surface area contributed by atoms with E-state index in [-0.39, 0.29) is 11.0 Å². The van der Waals surface area contributed by atoms with Crippen molar-refractivity contribution >= 4 is 75.1 Å². The summed E-state index contributed by atoms with van der Waals surface area (Å²) in [7, 11) is 0. The second-order valence-corrected chi connectivity index (χ2v) is 8.75. The van der Waals surface area contributed by atoms with Gasteiger partial charge in [-0.05, 0) is 55.0 Å². The van der Waals surface area contributed by atoms with Crippen LogP contribution in [0.2, 0.25) is 0 Å². The number of azo groups is 1. The fourth-order valence-electron chi connectivity index (χ4n) is 2.18. The Morgan fingerprint density at radius 3 is 2.14 bits per heavy atom. The van der Waals surface area contributed by atoms with Crippen LogP contribution in [-0.2, 0) is 4.79 Å². The molecule has 0 saturated carbocycles. The number of benzene rings is 2. The van der Waals surface area contributed by atoms with Gasteiger partial charge in [0.25, 0.3) is 0 Å². The number of amides is 1. The highest BCUT2D eigenvalue weighted by molar-refractivity contribution is 7.80. The Kier molecular flexibility index (Phi) is 9.10. The lowest BCUT2D eigenvalue weighted by molar-refractivity contribution is -0.121. The van der Waals surface area contributed by atoms with Gasteiger partial charge in [-0.2, -0.15) is 10.2 Å². The molecule has 6 nitrogen and oxygen atoms in total. The molecule has 2 aromatic carbocycles. The molecule has 10 heteroatoms. The monoisotopic (exact) mass is 471 g/mol. The first kappa shape index (κ1) is 23.3. The van der Waals surface area contributed by atoms with Crippen LogP contribution in [0, 0.1) is 0 Å². The van der Waals surface area contributed by atoms with Crippen LogP contribution >= 0.6 is 47.0 Å². The molecule has 1 amide bonds. The molecule has 0 unspecified atom stereocenters. The molecule has 0 aliphatic rings. The Morgan fingerprint density at radius 1 is 1.00 bits per heavy atom. The third kappa shape index (κ3) is 8.53. The first-order valence-corrected chi connectivity index (χ1v) is 10.3. The topological polar surface area (TPSA) is 77.9 Å². The van der Waals surface area contributed by atoms with Gasteiger partial charge in [0.2, 0.25) is 9.70 Å². The van der Waals surface area contributed by atoms with Crippen LogP contribution in [0.4, 0.5) is 17.1 Å². The Labute approximate surface area is 190 Å². The van der Waals surface area contributed by atoms with E-state index >= 15 is 0 Å². The Balaban J connectivity index is 1.95. The summed E-state index contributed by atoms with van der Waals surface area (Å²) in [6.07, 6.45) is 0.0122. The summed E-state index contributed by atoms with van der Waals surface area (Å²) in [5.41, 5.74) is 2.15. The van der Waals surface area contributed by atoms with Crippen molar-refractivity contribution in [1.82, 2.24) is 10.6 Å². The average Bonchev–Trinajstić information content (AvgIpc) is 2.67. The molecule has 0 radical (unpaired) electrons. The molecule has 0 aromatic heterocycles. The number of rotatable bonds is 7. The maximum Gasteiger partial charge on any atom is 0.228 e. The van der Waals surface area contributed by atoms with Gasteiger partial charge in [0.1, 0.15) is 6.17 Å². The quantitative estimate of drug-likeness (QED) is 0.200. The zero-order chi connectivity index (χ0) is 21.3. The summed E-state index contributed by atoms with van der Waals surface area (Å²) in [6.45, 7) is 1.88. The largest absolute Gasteiger partial charge is 0.339 e. The van der Waals surface area contributed by atoms with Crippen LogP contribution in [0.15, 0.2) is 64.8 Å². The van der Waals surface area contributed by atoms with E-state index in [9.17, 15) is 4.79 Å². The zero-order valence-electron chi connectivity index (χ0n) is 15.5. The first-order chi connectivity index (χ1) is 13.8. The average molecular weight is 473 g/mol. The van der Waals surface area contributed by atoms with Gasteiger partial charge in [0, 0.05) is 12.1 Å². The summed E-state index contributed by atoms with van der Waals surface area (Å²) < 4.78 is -1.78. The smallest absolute Gasteiger partial charge is 0.228 e. The number of nitrogens with one attached hydrogen (secondary N) is 3. The molecular formula is C19H20Cl3N5OS. The summed E-state index contributed by atoms with van der Waals surface area (Å²) in [4.78, 5) is 11.8. The normalized spacial score (nSPS) is 12.4. The van der Waals surface area contributed by atoms with Crippen molar-refractivity contribution in [2.24, 2.45) is 10.2 Å². The van der Waals surface area contributed by atoms with Gasteiger partial charge in [-0.3, -0.25) is 4.79 Å². The number of carbonyl (C=O) groups is 1. The van der Waals surface area contributed by atoms with Crippen LogP contribution in [0.3, 0.4) is 0 Å². The van der Waals surface area contributed by atoms with Gasteiger partial charge in [-0.15, -0.1) is 0 Å². The van der Waals surface area contributed by atoms with E-state index in [1.807, 2.05) is 37.3 Å². The summed E-state index contributed by atoms with van der Waals surface area (Å²) >= 11 is 23.1. The maximum absolute atomic E-state index is 11.8. The summed E-state index contributed by atoms with van der Waals surface area (Å²) in [6, 6.07) is 16.6. The third-order valence-electron chi connectivity index (χ3n) is 3.55. The second kappa shape index (κ2) is 11.3. The summed E-state index contributed by atoms with van der Waals surface area (Å²) in [5.74, 6) is -0.243. The molecule has 29 heavy (non-hydrogen) atoms. The van der Waals surface area contributed by atoms with Crippen LogP contribution in [0.5, 0.6) is 0 Å². The molecule has 1 atom stereocenters. The molecule has 0 fully saturated rings. The minimum atomic E-state index is -1.78. The molecule has 0 aliphatic heterocycles. The van der Waals surface area contributed by atoms with Crippen molar-refractivity contribution < 1.29 is 4.79 Å². The number of carbonyl (C=O) groups excluding carboxylic acids is 1. The van der Waals surface area contributed by atoms with Gasteiger partial charge in [-0.25, -0.2) is 0 Å². The van der Waals surface area contributed by atoms with Crippen molar-refractivity contribution in [3.63, 3.8) is 0 Å². The van der Waals surface area contributed by atoms with E-state index in [1.165, 1.54) is 0 Å². The maximum atomic E-state index is 11.8. The van der Waals surface area contributed by atoms with Gasteiger partial charge in [0.15, 0.2) is 5.11 Å². The van der Waals surface area contributed by atoms with Gasteiger partial charge in [-0.1, -0.05) is 59.9 Å². The lowest BCUT2D eigenvalue weighted by Crippen LogP contribution is -2.56. The number of halogens is 3. The van der Waals surface area contributed by atoms with Crippen LogP contribution in [0.1, 0.15) is 19.8 Å². The molecule has 0 aliphatic carbocycles. The molecule has 2 aromatic rings. The van der Waals surface area contributed by atoms with Crippen molar-refractivity contribution in [3.8, 4) is 0 Å². The second-order valence-electron chi connectivity index (χ2n) is 5.97. The number of hydrogen-bond donors (Lipinski definition) is 3. The van der Waals surface area contributed by atoms with Gasteiger partial charge in [0.05, 0.1) is 11.4 Å². The number of anilines is 1. The number of hydrogen-bond acceptors (Lipinski definition) is 4. The zero-order valence-corrected chi connectivity index (χ0v) is 18.6. The highest BCUT2D eigenvalue weighted by Crippen LogP contribution is 2.29. The molecular weight excluding hydrogens is 453 g/mol. The fourth-order valence-corrected chi connectivity index (χ4v) is 2.74. The van der Waals surface area contributed by atoms with Crippen molar-refractivity contribution in [1.29, 1.82) is 0 Å². The SMILES string of the molecule is CCCC(=O)N[C@@H](NC(=S)Nc1ccc(N=Nc2ccccc2)cc1)C(Cl)(Cl)Cl. The minimum Gasteiger partial charge on any atom is -0.339 e. The van der Waals surface area contributed by atoms with Crippen molar-refractivity contribution in [2.75, 3.05) is 5.32 Å². The van der Waals surface area contributed by atoms with E-state index in [4.69, 9.17) is 47.0 Å². The minimum absolute atomic E-state index is 0.191. The highest BCUT2D eigenvalue weighted by Gasteiger charge is 2.34. The Morgan fingerprint density at radius 2 is 1.59 bits per heavy atom. The first-order valence-electron chi connectivity index (χ1n) is 8.78. The molecule has 2 rings (SSSR count). The molecule has 3 N–H and O–H groups in total. The fraction of sp³-hybridized carbons (Fsp3) is 0.263. The van der Waals surface area contributed by atoms with E-state index in [2.05, 4.69) is 26.2 Å². The van der Waals surface area contributed by atoms with Crippen LogP contribution < -0.4 is 16.0 Å². The molecule has 0 saturated heterocycles. The number of thiocarbonyl (C=S) groups is 1. The predicted octanol–water partition coefficient (Wildman–Crippen LogP) is 6.00. The molecule has 0 bridgehead atoms. The van der Waals surface area contributed by atoms with E-state index in [1.54, 1.807) is 24.3 Å². The number of alkyl halides is 3. The standard InChI is InChI=1S/C19H20Cl3N5OS/c1-2-6-16(28)24-17(19(20,21)22)25-18(29)23-13-9-11-15(12-10-13)27-26-14-7-4-3-5-8-14/h3-5,7-12,17H,2,6H2,1H3,(H,24,28)(H2,23,25,29)/t17-/m0/s1. The summed E-state index contributed by atoms with van der Waals surface area (Å²) in [5, 5.41) is 16.9. The van der Waals surface area contributed by atoms with E-state index in [0.717, 1.165) is 5.69 Å². The lowest BCUT2D eigenvalue weighted by Gasteiger charge is -2.27. The molecule has 154 valence electrons. The molecule has 0 heterocycles. The lowest BCUT2D eigenvalue weighted by atomic mass is 10.3. The predicted molar refractivity (Wildman–Crippen MR) is 124 cm³/mol. The Bertz CT molecular complexity index is 841. The number of nitrogens with zero attached hydrogens (tertiary/aromatic N) is 2. The van der Waals surface area contributed by atoms with E-state index < -0.39 is 9.96 Å². The molecule has 0 spiro atoms. The van der Waals surface area contributed by atoms with Gasteiger partial charge >= 0.3 is 0 Å². The third-order valence-corrected chi connectivity index (χ3v) is 4.42. The highest BCUT2D eigenvalue weighted by atomic mass is 35.6. The van der Waals surface area contributed by atoms with Crippen LogP contribution in [-0.4, -0.2) is 21.0 Å². The Hall–Kier alpha value is -1.93.